The minimum absolute atomic E-state index is 0.118. The number of ether oxygens (including phenoxy) is 3. The number of benzene rings is 1. The molecule has 0 radical (unpaired) electrons. The van der Waals surface area contributed by atoms with Crippen LogP contribution in [-0.4, -0.2) is 53.8 Å². The second-order valence-corrected chi connectivity index (χ2v) is 10.5. The van der Waals surface area contributed by atoms with Crippen molar-refractivity contribution in [2.75, 3.05) is 13.7 Å². The van der Waals surface area contributed by atoms with Crippen molar-refractivity contribution in [2.24, 2.45) is 0 Å². The van der Waals surface area contributed by atoms with Crippen molar-refractivity contribution in [3.63, 3.8) is 0 Å². The number of hydrogen-bond donors (Lipinski definition) is 0. The molecule has 1 aromatic rings. The van der Waals surface area contributed by atoms with Crippen LogP contribution in [0.5, 0.6) is 0 Å². The van der Waals surface area contributed by atoms with Gasteiger partial charge in [0.05, 0.1) is 7.11 Å². The standard InChI is InChI=1S/C21H29Br2NO6/c1-20(2,3)29-17(25)12-24(19(27)30-21(4,5)6)16(18(26)28-7)10-13-8-14(22)11-15(23)9-13/h8-9,11,16H,10,12H2,1-7H3/t16-/m0/s1. The first kappa shape index (κ1) is 26.4. The molecule has 0 aliphatic rings. The molecule has 0 saturated heterocycles. The van der Waals surface area contributed by atoms with E-state index in [0.29, 0.717) is 0 Å². The largest absolute Gasteiger partial charge is 0.467 e. The van der Waals surface area contributed by atoms with E-state index in [1.165, 1.54) is 7.11 Å². The van der Waals surface area contributed by atoms with Crippen molar-refractivity contribution in [2.45, 2.75) is 65.2 Å². The number of amides is 1. The minimum atomic E-state index is -1.08. The number of rotatable bonds is 6. The molecule has 0 N–H and O–H groups in total. The van der Waals surface area contributed by atoms with Crippen LogP contribution >= 0.6 is 31.9 Å². The fraction of sp³-hybridized carbons (Fsp3) is 0.571. The molecular weight excluding hydrogens is 522 g/mol. The van der Waals surface area contributed by atoms with Crippen LogP contribution in [0.2, 0.25) is 0 Å². The van der Waals surface area contributed by atoms with Gasteiger partial charge in [0.1, 0.15) is 23.8 Å². The lowest BCUT2D eigenvalue weighted by molar-refractivity contribution is -0.158. The summed E-state index contributed by atoms with van der Waals surface area (Å²) < 4.78 is 17.3. The molecule has 0 spiro atoms. The maximum atomic E-state index is 12.9. The van der Waals surface area contributed by atoms with E-state index < -0.39 is 41.8 Å². The van der Waals surface area contributed by atoms with Gasteiger partial charge in [-0.1, -0.05) is 31.9 Å². The van der Waals surface area contributed by atoms with Gasteiger partial charge in [-0.2, -0.15) is 0 Å². The molecule has 0 aromatic heterocycles. The van der Waals surface area contributed by atoms with Gasteiger partial charge in [-0.25, -0.2) is 9.59 Å². The number of carbonyl (C=O) groups is 3. The van der Waals surface area contributed by atoms with Crippen molar-refractivity contribution in [3.8, 4) is 0 Å². The number of hydrogen-bond acceptors (Lipinski definition) is 6. The van der Waals surface area contributed by atoms with Gasteiger partial charge in [0.25, 0.3) is 0 Å². The van der Waals surface area contributed by atoms with E-state index in [4.69, 9.17) is 14.2 Å². The molecule has 1 amide bonds. The van der Waals surface area contributed by atoms with Crippen molar-refractivity contribution < 1.29 is 28.6 Å². The van der Waals surface area contributed by atoms with Crippen LogP contribution in [0.15, 0.2) is 27.1 Å². The second-order valence-electron chi connectivity index (χ2n) is 8.72. The van der Waals surface area contributed by atoms with Crippen LogP contribution in [0.25, 0.3) is 0 Å². The summed E-state index contributed by atoms with van der Waals surface area (Å²) in [5, 5.41) is 0. The van der Waals surface area contributed by atoms with E-state index in [0.717, 1.165) is 19.4 Å². The highest BCUT2D eigenvalue weighted by molar-refractivity contribution is 9.11. The van der Waals surface area contributed by atoms with Crippen molar-refractivity contribution in [3.05, 3.63) is 32.7 Å². The van der Waals surface area contributed by atoms with Gasteiger partial charge in [0.2, 0.25) is 0 Å². The summed E-state index contributed by atoms with van der Waals surface area (Å²) in [4.78, 5) is 39.1. The molecule has 0 aliphatic carbocycles. The Morgan fingerprint density at radius 3 is 1.87 bits per heavy atom. The Morgan fingerprint density at radius 1 is 0.933 bits per heavy atom. The maximum absolute atomic E-state index is 12.9. The molecule has 0 aliphatic heterocycles. The van der Waals surface area contributed by atoms with Crippen molar-refractivity contribution in [1.29, 1.82) is 0 Å². The number of methoxy groups -OCH3 is 1. The number of carbonyl (C=O) groups excluding carboxylic acids is 3. The van der Waals surface area contributed by atoms with Crippen LogP contribution in [0.1, 0.15) is 47.1 Å². The predicted molar refractivity (Wildman–Crippen MR) is 120 cm³/mol. The first-order chi connectivity index (χ1) is 13.6. The maximum Gasteiger partial charge on any atom is 0.411 e. The molecule has 0 saturated carbocycles. The normalized spacial score (nSPS) is 12.7. The number of halogens is 2. The summed E-state index contributed by atoms with van der Waals surface area (Å²) in [7, 11) is 1.23. The minimum Gasteiger partial charge on any atom is -0.467 e. The topological polar surface area (TPSA) is 82.1 Å². The summed E-state index contributed by atoms with van der Waals surface area (Å²) >= 11 is 6.82. The van der Waals surface area contributed by atoms with Gasteiger partial charge in [-0.3, -0.25) is 9.69 Å². The molecule has 0 bridgehead atoms. The molecule has 30 heavy (non-hydrogen) atoms. The molecule has 0 fully saturated rings. The fourth-order valence-electron chi connectivity index (χ4n) is 2.54. The van der Waals surface area contributed by atoms with Crippen molar-refractivity contribution >= 4 is 49.9 Å². The smallest absolute Gasteiger partial charge is 0.411 e. The SMILES string of the molecule is COC(=O)[C@H](Cc1cc(Br)cc(Br)c1)N(CC(=O)OC(C)(C)C)C(=O)OC(C)(C)C. The van der Waals surface area contributed by atoms with Crippen LogP contribution in [0, 0.1) is 0 Å². The Hall–Kier alpha value is -1.61. The quantitative estimate of drug-likeness (QED) is 0.371. The number of nitrogens with zero attached hydrogens (tertiary/aromatic N) is 1. The third kappa shape index (κ3) is 9.47. The van der Waals surface area contributed by atoms with E-state index in [1.807, 2.05) is 18.2 Å². The second kappa shape index (κ2) is 10.6. The molecule has 9 heteroatoms. The van der Waals surface area contributed by atoms with E-state index in [2.05, 4.69) is 31.9 Å². The Morgan fingerprint density at radius 2 is 1.43 bits per heavy atom. The molecule has 0 heterocycles. The third-order valence-corrected chi connectivity index (χ3v) is 4.46. The number of esters is 2. The zero-order valence-corrected chi connectivity index (χ0v) is 21.5. The van der Waals surface area contributed by atoms with Gasteiger partial charge in [-0.05, 0) is 65.3 Å². The van der Waals surface area contributed by atoms with Gasteiger partial charge in [-0.15, -0.1) is 0 Å². The van der Waals surface area contributed by atoms with Gasteiger partial charge in [0, 0.05) is 15.4 Å². The third-order valence-electron chi connectivity index (χ3n) is 3.55. The fourth-order valence-corrected chi connectivity index (χ4v) is 3.93. The van der Waals surface area contributed by atoms with E-state index >= 15 is 0 Å². The first-order valence-electron chi connectivity index (χ1n) is 9.35. The molecule has 7 nitrogen and oxygen atoms in total. The Labute approximate surface area is 194 Å². The first-order valence-corrected chi connectivity index (χ1v) is 10.9. The molecule has 168 valence electrons. The predicted octanol–water partition coefficient (Wildman–Crippen LogP) is 4.87. The Bertz CT molecular complexity index is 762. The molecule has 0 unspecified atom stereocenters. The molecule has 1 aromatic carbocycles. The lowest BCUT2D eigenvalue weighted by Gasteiger charge is -2.32. The summed E-state index contributed by atoms with van der Waals surface area (Å²) in [5.74, 6) is -1.32. The highest BCUT2D eigenvalue weighted by Crippen LogP contribution is 2.23. The molecule has 1 atom stereocenters. The van der Waals surface area contributed by atoms with Crippen molar-refractivity contribution in [1.82, 2.24) is 4.90 Å². The molecule has 1 rings (SSSR count). The van der Waals surface area contributed by atoms with E-state index in [9.17, 15) is 14.4 Å². The highest BCUT2D eigenvalue weighted by atomic mass is 79.9. The summed E-state index contributed by atoms with van der Waals surface area (Å²) in [6.07, 6.45) is -0.690. The summed E-state index contributed by atoms with van der Waals surface area (Å²) in [6, 6.07) is 4.41. The lowest BCUT2D eigenvalue weighted by Crippen LogP contribution is -2.51. The summed E-state index contributed by atoms with van der Waals surface area (Å²) in [6.45, 7) is 9.82. The summed E-state index contributed by atoms with van der Waals surface area (Å²) in [5.41, 5.74) is -0.806. The van der Waals surface area contributed by atoms with Gasteiger partial charge in [0.15, 0.2) is 0 Å². The average Bonchev–Trinajstić information content (AvgIpc) is 2.53. The van der Waals surface area contributed by atoms with Crippen LogP contribution in [0.4, 0.5) is 4.79 Å². The Balaban J connectivity index is 3.30. The zero-order valence-electron chi connectivity index (χ0n) is 18.4. The lowest BCUT2D eigenvalue weighted by atomic mass is 10.0. The zero-order chi connectivity index (χ0) is 23.3. The van der Waals surface area contributed by atoms with Crippen LogP contribution in [0.3, 0.4) is 0 Å². The van der Waals surface area contributed by atoms with E-state index in [-0.39, 0.29) is 6.42 Å². The van der Waals surface area contributed by atoms with Crippen LogP contribution in [-0.2, 0) is 30.2 Å². The van der Waals surface area contributed by atoms with Gasteiger partial charge < -0.3 is 14.2 Å². The Kier molecular flexibility index (Phi) is 9.35. The van der Waals surface area contributed by atoms with Crippen LogP contribution < -0.4 is 0 Å². The molecular formula is C21H29Br2NO6. The van der Waals surface area contributed by atoms with E-state index in [1.54, 1.807) is 41.5 Å². The average molecular weight is 551 g/mol. The monoisotopic (exact) mass is 549 g/mol. The highest BCUT2D eigenvalue weighted by Gasteiger charge is 2.36. The van der Waals surface area contributed by atoms with Gasteiger partial charge >= 0.3 is 18.0 Å².